The molecule has 1 amide bonds. The van der Waals surface area contributed by atoms with Crippen LogP contribution in [0.4, 0.5) is 4.79 Å². The van der Waals surface area contributed by atoms with Crippen molar-refractivity contribution in [3.8, 4) is 5.69 Å². The number of tetrazole rings is 1. The number of amides is 1. The van der Waals surface area contributed by atoms with Gasteiger partial charge in [-0.05, 0) is 35.0 Å². The summed E-state index contributed by atoms with van der Waals surface area (Å²) in [6.45, 7) is 0.977. The first-order chi connectivity index (χ1) is 10.5. The number of aromatic nitrogens is 4. The van der Waals surface area contributed by atoms with E-state index < -0.39 is 11.7 Å². The summed E-state index contributed by atoms with van der Waals surface area (Å²) in [6.07, 6.45) is 0.663. The Labute approximate surface area is 131 Å². The molecule has 8 nitrogen and oxygen atoms in total. The Morgan fingerprint density at radius 1 is 1.41 bits per heavy atom. The molecule has 1 aromatic heterocycles. The Kier molecular flexibility index (Phi) is 5.29. The SMILES string of the molecule is COCCCN(C)C(=O)n1nnn(-c2cccc(Cl)c2)c1=O. The predicted molar refractivity (Wildman–Crippen MR) is 80.5 cm³/mol. The minimum atomic E-state index is -0.647. The molecule has 118 valence electrons. The van der Waals surface area contributed by atoms with Crippen molar-refractivity contribution < 1.29 is 9.53 Å². The molecule has 0 unspecified atom stereocenters. The number of methoxy groups -OCH3 is 1. The number of hydrogen-bond acceptors (Lipinski definition) is 5. The lowest BCUT2D eigenvalue weighted by molar-refractivity contribution is 0.174. The van der Waals surface area contributed by atoms with Crippen LogP contribution in [0.25, 0.3) is 5.69 Å². The predicted octanol–water partition coefficient (Wildman–Crippen LogP) is 1.02. The van der Waals surface area contributed by atoms with E-state index in [0.29, 0.717) is 35.0 Å². The van der Waals surface area contributed by atoms with E-state index in [9.17, 15) is 9.59 Å². The Bertz CT molecular complexity index is 712. The number of halogens is 1. The summed E-state index contributed by atoms with van der Waals surface area (Å²) in [6, 6.07) is 6.03. The Morgan fingerprint density at radius 3 is 2.86 bits per heavy atom. The maximum atomic E-state index is 12.2. The average Bonchev–Trinajstić information content (AvgIpc) is 2.88. The summed E-state index contributed by atoms with van der Waals surface area (Å²) in [5, 5.41) is 7.80. The largest absolute Gasteiger partial charge is 0.385 e. The first-order valence-electron chi connectivity index (χ1n) is 6.60. The molecule has 0 fully saturated rings. The van der Waals surface area contributed by atoms with Crippen LogP contribution >= 0.6 is 11.6 Å². The lowest BCUT2D eigenvalue weighted by Gasteiger charge is -2.14. The van der Waals surface area contributed by atoms with Crippen molar-refractivity contribution >= 4 is 17.6 Å². The number of nitrogens with zero attached hydrogens (tertiary/aromatic N) is 5. The molecule has 0 spiro atoms. The molecule has 0 saturated heterocycles. The average molecular weight is 326 g/mol. The van der Waals surface area contributed by atoms with Gasteiger partial charge in [0.05, 0.1) is 5.69 Å². The molecular formula is C13H16ClN5O3. The second kappa shape index (κ2) is 7.19. The van der Waals surface area contributed by atoms with Gasteiger partial charge in [-0.1, -0.05) is 17.7 Å². The van der Waals surface area contributed by atoms with E-state index in [-0.39, 0.29) is 0 Å². The van der Waals surface area contributed by atoms with E-state index in [1.165, 1.54) is 4.90 Å². The van der Waals surface area contributed by atoms with Gasteiger partial charge in [0.15, 0.2) is 0 Å². The molecule has 2 aromatic rings. The highest BCUT2D eigenvalue weighted by atomic mass is 35.5. The molecule has 0 aliphatic heterocycles. The van der Waals surface area contributed by atoms with E-state index in [4.69, 9.17) is 16.3 Å². The van der Waals surface area contributed by atoms with E-state index in [2.05, 4.69) is 10.4 Å². The molecule has 9 heteroatoms. The quantitative estimate of drug-likeness (QED) is 0.605. The summed E-state index contributed by atoms with van der Waals surface area (Å²) in [4.78, 5) is 25.8. The highest BCUT2D eigenvalue weighted by molar-refractivity contribution is 6.30. The molecule has 0 radical (unpaired) electrons. The third-order valence-corrected chi connectivity index (χ3v) is 3.22. The highest BCUT2D eigenvalue weighted by Crippen LogP contribution is 2.12. The van der Waals surface area contributed by atoms with Crippen LogP contribution in [0.15, 0.2) is 29.1 Å². The minimum absolute atomic E-state index is 0.443. The molecule has 0 N–H and O–H groups in total. The smallest absolute Gasteiger partial charge is 0.377 e. The van der Waals surface area contributed by atoms with Crippen LogP contribution in [-0.2, 0) is 4.74 Å². The van der Waals surface area contributed by atoms with Gasteiger partial charge in [0, 0.05) is 32.3 Å². The normalized spacial score (nSPS) is 10.7. The van der Waals surface area contributed by atoms with Crippen LogP contribution in [0, 0.1) is 0 Å². The number of ether oxygens (including phenoxy) is 1. The van der Waals surface area contributed by atoms with Gasteiger partial charge < -0.3 is 9.64 Å². The molecule has 0 bridgehead atoms. The van der Waals surface area contributed by atoms with Gasteiger partial charge in [-0.3, -0.25) is 0 Å². The summed E-state index contributed by atoms with van der Waals surface area (Å²) in [5.74, 6) is 0. The maximum Gasteiger partial charge on any atom is 0.377 e. The van der Waals surface area contributed by atoms with Gasteiger partial charge in [-0.25, -0.2) is 9.59 Å². The topological polar surface area (TPSA) is 82.2 Å². The second-order valence-corrected chi connectivity index (χ2v) is 5.05. The Morgan fingerprint density at radius 2 is 2.18 bits per heavy atom. The third-order valence-electron chi connectivity index (χ3n) is 2.98. The van der Waals surface area contributed by atoms with Crippen LogP contribution in [0.5, 0.6) is 0 Å². The molecule has 0 atom stereocenters. The van der Waals surface area contributed by atoms with Crippen molar-refractivity contribution in [2.75, 3.05) is 27.3 Å². The summed E-state index contributed by atoms with van der Waals surface area (Å²) in [7, 11) is 3.17. The van der Waals surface area contributed by atoms with E-state index in [1.807, 2.05) is 0 Å². The minimum Gasteiger partial charge on any atom is -0.385 e. The Balaban J connectivity index is 2.20. The highest BCUT2D eigenvalue weighted by Gasteiger charge is 2.18. The molecule has 0 aliphatic rings. The maximum absolute atomic E-state index is 12.2. The van der Waals surface area contributed by atoms with E-state index in [1.54, 1.807) is 38.4 Å². The van der Waals surface area contributed by atoms with Gasteiger partial charge in [0.1, 0.15) is 0 Å². The monoisotopic (exact) mass is 325 g/mol. The van der Waals surface area contributed by atoms with Gasteiger partial charge >= 0.3 is 11.7 Å². The zero-order valence-corrected chi connectivity index (χ0v) is 13.0. The van der Waals surface area contributed by atoms with Crippen molar-refractivity contribution in [1.29, 1.82) is 0 Å². The molecule has 1 aromatic carbocycles. The van der Waals surface area contributed by atoms with Crippen molar-refractivity contribution in [2.24, 2.45) is 0 Å². The standard InChI is InChI=1S/C13H16ClN5O3/c1-17(7-4-8-22-2)12(20)19-13(21)18(15-16-19)11-6-3-5-10(14)9-11/h3,5-6,9H,4,7-8H2,1-2H3. The number of benzene rings is 1. The number of hydrogen-bond donors (Lipinski definition) is 0. The fourth-order valence-electron chi connectivity index (χ4n) is 1.84. The van der Waals surface area contributed by atoms with Gasteiger partial charge in [0.25, 0.3) is 0 Å². The van der Waals surface area contributed by atoms with Gasteiger partial charge in [-0.2, -0.15) is 4.68 Å². The van der Waals surface area contributed by atoms with Gasteiger partial charge in [0.2, 0.25) is 0 Å². The zero-order chi connectivity index (χ0) is 16.1. The van der Waals surface area contributed by atoms with Crippen molar-refractivity contribution in [2.45, 2.75) is 6.42 Å². The fourth-order valence-corrected chi connectivity index (χ4v) is 2.02. The summed E-state index contributed by atoms with van der Waals surface area (Å²) >= 11 is 5.88. The lowest BCUT2D eigenvalue weighted by atomic mass is 10.3. The molecule has 0 saturated carbocycles. The fraction of sp³-hybridized carbons (Fsp3) is 0.385. The van der Waals surface area contributed by atoms with E-state index >= 15 is 0 Å². The molecule has 0 aliphatic carbocycles. The van der Waals surface area contributed by atoms with Crippen LogP contribution in [-0.4, -0.2) is 58.0 Å². The zero-order valence-electron chi connectivity index (χ0n) is 12.3. The summed E-state index contributed by atoms with van der Waals surface area (Å²) < 4.78 is 6.66. The van der Waals surface area contributed by atoms with Crippen molar-refractivity contribution in [3.63, 3.8) is 0 Å². The number of carbonyl (C=O) groups is 1. The first-order valence-corrected chi connectivity index (χ1v) is 6.97. The number of rotatable bonds is 5. The van der Waals surface area contributed by atoms with Crippen LogP contribution in [0.2, 0.25) is 5.02 Å². The van der Waals surface area contributed by atoms with Crippen LogP contribution < -0.4 is 5.69 Å². The van der Waals surface area contributed by atoms with Gasteiger partial charge in [-0.15, -0.1) is 4.68 Å². The van der Waals surface area contributed by atoms with Crippen LogP contribution in [0.1, 0.15) is 6.42 Å². The third kappa shape index (κ3) is 3.52. The molecule has 2 rings (SSSR count). The van der Waals surface area contributed by atoms with Crippen LogP contribution in [0.3, 0.4) is 0 Å². The lowest BCUT2D eigenvalue weighted by Crippen LogP contribution is -2.39. The first kappa shape index (κ1) is 16.2. The van der Waals surface area contributed by atoms with Crippen molar-refractivity contribution in [1.82, 2.24) is 24.7 Å². The molecular weight excluding hydrogens is 310 g/mol. The van der Waals surface area contributed by atoms with E-state index in [0.717, 1.165) is 4.68 Å². The van der Waals surface area contributed by atoms with Crippen molar-refractivity contribution in [3.05, 3.63) is 39.8 Å². The number of carbonyl (C=O) groups excluding carboxylic acids is 1. The second-order valence-electron chi connectivity index (χ2n) is 4.62. The molecule has 22 heavy (non-hydrogen) atoms. The Hall–Kier alpha value is -2.19. The molecule has 1 heterocycles. The summed E-state index contributed by atoms with van der Waals surface area (Å²) in [5.41, 5.74) is -0.204.